The molecule has 0 saturated carbocycles. The van der Waals surface area contributed by atoms with Crippen LogP contribution < -0.4 is 11.1 Å². The summed E-state index contributed by atoms with van der Waals surface area (Å²) in [4.78, 5) is 8.57. The van der Waals surface area contributed by atoms with E-state index in [4.69, 9.17) is 5.73 Å². The molecular weight excluding hydrogens is 224 g/mol. The summed E-state index contributed by atoms with van der Waals surface area (Å²) >= 11 is 0. The van der Waals surface area contributed by atoms with Crippen molar-refractivity contribution in [2.45, 2.75) is 0 Å². The molecule has 2 heterocycles. The molecule has 0 aliphatic rings. The molecule has 1 aromatic carbocycles. The average Bonchev–Trinajstić information content (AvgIpc) is 2.41. The molecule has 3 rings (SSSR count). The lowest BCUT2D eigenvalue weighted by atomic mass is 10.2. The Morgan fingerprint density at radius 1 is 1.00 bits per heavy atom. The number of nitrogen functional groups attached to an aromatic ring is 1. The number of nitrogens with one attached hydrogen (secondary N) is 1. The van der Waals surface area contributed by atoms with Gasteiger partial charge in [0.15, 0.2) is 5.82 Å². The normalized spacial score (nSPS) is 10.4. The van der Waals surface area contributed by atoms with Crippen molar-refractivity contribution >= 4 is 28.1 Å². The first kappa shape index (κ1) is 10.5. The highest BCUT2D eigenvalue weighted by molar-refractivity contribution is 5.82. The third-order valence-corrected chi connectivity index (χ3v) is 2.69. The van der Waals surface area contributed by atoms with Crippen LogP contribution in [0.1, 0.15) is 0 Å². The van der Waals surface area contributed by atoms with Crippen LogP contribution in [0, 0.1) is 0 Å². The van der Waals surface area contributed by atoms with E-state index in [1.807, 2.05) is 36.4 Å². The van der Waals surface area contributed by atoms with Gasteiger partial charge in [-0.15, -0.1) is 0 Å². The fraction of sp³-hybridized carbons (Fsp3) is 0. The second-order valence-electron chi connectivity index (χ2n) is 3.98. The average molecular weight is 236 g/mol. The van der Waals surface area contributed by atoms with Crippen LogP contribution in [0.15, 0.2) is 54.9 Å². The summed E-state index contributed by atoms with van der Waals surface area (Å²) in [5.41, 5.74) is 8.30. The van der Waals surface area contributed by atoms with Gasteiger partial charge in [-0.1, -0.05) is 18.2 Å². The van der Waals surface area contributed by atoms with Gasteiger partial charge in [0.1, 0.15) is 0 Å². The number of hydrogen-bond donors (Lipinski definition) is 2. The SMILES string of the molecule is Nc1cccnc1Nc1cnc2ccccc2c1. The molecule has 0 unspecified atom stereocenters. The Morgan fingerprint density at radius 2 is 1.89 bits per heavy atom. The number of anilines is 3. The summed E-state index contributed by atoms with van der Waals surface area (Å²) in [6.45, 7) is 0. The summed E-state index contributed by atoms with van der Waals surface area (Å²) in [5.74, 6) is 0.648. The van der Waals surface area contributed by atoms with Gasteiger partial charge in [-0.25, -0.2) is 4.98 Å². The number of fused-ring (bicyclic) bond motifs is 1. The highest BCUT2D eigenvalue weighted by atomic mass is 15.0. The summed E-state index contributed by atoms with van der Waals surface area (Å²) < 4.78 is 0. The third kappa shape index (κ3) is 1.96. The van der Waals surface area contributed by atoms with Crippen LogP contribution in [-0.2, 0) is 0 Å². The molecule has 4 nitrogen and oxygen atoms in total. The number of para-hydroxylation sites is 1. The minimum absolute atomic E-state index is 0.616. The van der Waals surface area contributed by atoms with Crippen LogP contribution in [0.2, 0.25) is 0 Å². The van der Waals surface area contributed by atoms with Gasteiger partial charge >= 0.3 is 0 Å². The number of nitrogens with zero attached hydrogens (tertiary/aromatic N) is 2. The van der Waals surface area contributed by atoms with Gasteiger partial charge in [0.2, 0.25) is 0 Å². The zero-order chi connectivity index (χ0) is 12.4. The first-order valence-corrected chi connectivity index (χ1v) is 5.65. The Morgan fingerprint density at radius 3 is 2.78 bits per heavy atom. The second-order valence-corrected chi connectivity index (χ2v) is 3.98. The minimum Gasteiger partial charge on any atom is -0.396 e. The van der Waals surface area contributed by atoms with E-state index in [1.165, 1.54) is 0 Å². The molecular formula is C14H12N4. The van der Waals surface area contributed by atoms with Crippen LogP contribution in [0.3, 0.4) is 0 Å². The van der Waals surface area contributed by atoms with Crippen LogP contribution in [0.5, 0.6) is 0 Å². The van der Waals surface area contributed by atoms with E-state index in [0.29, 0.717) is 11.5 Å². The first-order chi connectivity index (χ1) is 8.83. The van der Waals surface area contributed by atoms with Crippen molar-refractivity contribution in [2.24, 2.45) is 0 Å². The van der Waals surface area contributed by atoms with E-state index in [0.717, 1.165) is 16.6 Å². The quantitative estimate of drug-likeness (QED) is 0.718. The topological polar surface area (TPSA) is 63.8 Å². The van der Waals surface area contributed by atoms with E-state index in [1.54, 1.807) is 18.5 Å². The molecule has 4 heteroatoms. The van der Waals surface area contributed by atoms with Gasteiger partial charge in [0.05, 0.1) is 23.1 Å². The van der Waals surface area contributed by atoms with Crippen LogP contribution >= 0.6 is 0 Å². The highest BCUT2D eigenvalue weighted by Gasteiger charge is 2.01. The molecule has 0 atom stereocenters. The van der Waals surface area contributed by atoms with Crippen LogP contribution in [0.4, 0.5) is 17.2 Å². The molecule has 0 amide bonds. The van der Waals surface area contributed by atoms with Gasteiger partial charge in [-0.3, -0.25) is 4.98 Å². The summed E-state index contributed by atoms with van der Waals surface area (Å²) in [5, 5.41) is 4.25. The lowest BCUT2D eigenvalue weighted by molar-refractivity contribution is 1.30. The van der Waals surface area contributed by atoms with Crippen molar-refractivity contribution in [1.29, 1.82) is 0 Å². The molecule has 3 N–H and O–H groups in total. The van der Waals surface area contributed by atoms with E-state index in [-0.39, 0.29) is 0 Å². The second kappa shape index (κ2) is 4.33. The van der Waals surface area contributed by atoms with E-state index < -0.39 is 0 Å². The van der Waals surface area contributed by atoms with Gasteiger partial charge in [-0.2, -0.15) is 0 Å². The number of pyridine rings is 2. The monoisotopic (exact) mass is 236 g/mol. The predicted molar refractivity (Wildman–Crippen MR) is 73.7 cm³/mol. The van der Waals surface area contributed by atoms with Gasteiger partial charge in [0, 0.05) is 11.6 Å². The third-order valence-electron chi connectivity index (χ3n) is 2.69. The number of rotatable bonds is 2. The maximum Gasteiger partial charge on any atom is 0.153 e. The van der Waals surface area contributed by atoms with E-state index >= 15 is 0 Å². The Balaban J connectivity index is 1.98. The number of benzene rings is 1. The summed E-state index contributed by atoms with van der Waals surface area (Å²) in [6, 6.07) is 13.6. The molecule has 2 aromatic heterocycles. The van der Waals surface area contributed by atoms with Gasteiger partial charge in [-0.05, 0) is 24.3 Å². The lowest BCUT2D eigenvalue weighted by Crippen LogP contribution is -1.98. The van der Waals surface area contributed by atoms with Gasteiger partial charge in [0.25, 0.3) is 0 Å². The smallest absolute Gasteiger partial charge is 0.153 e. The van der Waals surface area contributed by atoms with Gasteiger partial charge < -0.3 is 11.1 Å². The molecule has 0 aliphatic carbocycles. The summed E-state index contributed by atoms with van der Waals surface area (Å²) in [7, 11) is 0. The van der Waals surface area contributed by atoms with Crippen molar-refractivity contribution in [3.63, 3.8) is 0 Å². The molecule has 3 aromatic rings. The van der Waals surface area contributed by atoms with Crippen molar-refractivity contribution < 1.29 is 0 Å². The molecule has 88 valence electrons. The van der Waals surface area contributed by atoms with E-state index in [9.17, 15) is 0 Å². The van der Waals surface area contributed by atoms with Crippen molar-refractivity contribution in [3.8, 4) is 0 Å². The molecule has 0 spiro atoms. The van der Waals surface area contributed by atoms with Crippen LogP contribution in [-0.4, -0.2) is 9.97 Å². The summed E-state index contributed by atoms with van der Waals surface area (Å²) in [6.07, 6.45) is 3.48. The Hall–Kier alpha value is -2.62. The predicted octanol–water partition coefficient (Wildman–Crippen LogP) is 2.96. The number of aromatic nitrogens is 2. The van der Waals surface area contributed by atoms with Crippen molar-refractivity contribution in [2.75, 3.05) is 11.1 Å². The highest BCUT2D eigenvalue weighted by Crippen LogP contribution is 2.22. The molecule has 0 aliphatic heterocycles. The molecule has 18 heavy (non-hydrogen) atoms. The zero-order valence-electron chi connectivity index (χ0n) is 9.67. The standard InChI is InChI=1S/C14H12N4/c15-12-5-3-7-16-14(12)18-11-8-10-4-1-2-6-13(10)17-9-11/h1-9H,15H2,(H,16,18). The maximum atomic E-state index is 5.84. The fourth-order valence-electron chi connectivity index (χ4n) is 1.80. The minimum atomic E-state index is 0.616. The Kier molecular flexibility index (Phi) is 2.53. The first-order valence-electron chi connectivity index (χ1n) is 5.65. The Labute approximate surface area is 104 Å². The lowest BCUT2D eigenvalue weighted by Gasteiger charge is -2.08. The Bertz CT molecular complexity index is 694. The number of nitrogens with two attached hydrogens (primary N) is 1. The molecule has 0 saturated heterocycles. The fourth-order valence-corrected chi connectivity index (χ4v) is 1.80. The molecule has 0 bridgehead atoms. The maximum absolute atomic E-state index is 5.84. The molecule has 0 radical (unpaired) electrons. The van der Waals surface area contributed by atoms with Crippen molar-refractivity contribution in [3.05, 3.63) is 54.9 Å². The van der Waals surface area contributed by atoms with Crippen LogP contribution in [0.25, 0.3) is 10.9 Å². The van der Waals surface area contributed by atoms with Crippen molar-refractivity contribution in [1.82, 2.24) is 9.97 Å². The molecule has 0 fully saturated rings. The largest absolute Gasteiger partial charge is 0.396 e. The number of hydrogen-bond acceptors (Lipinski definition) is 4. The van der Waals surface area contributed by atoms with E-state index in [2.05, 4.69) is 15.3 Å². The zero-order valence-corrected chi connectivity index (χ0v) is 9.67.